The number of carbonyl (C=O) groups excluding carboxylic acids is 1. The molecule has 0 aromatic heterocycles. The van der Waals surface area contributed by atoms with Gasteiger partial charge in [-0.05, 0) is 25.1 Å². The van der Waals surface area contributed by atoms with Crippen molar-refractivity contribution in [3.63, 3.8) is 0 Å². The van der Waals surface area contributed by atoms with E-state index < -0.39 is 36.0 Å². The quantitative estimate of drug-likeness (QED) is 0.892. The van der Waals surface area contributed by atoms with Crippen LogP contribution in [-0.4, -0.2) is 35.1 Å². The average Bonchev–Trinajstić information content (AvgIpc) is 2.36. The number of likely N-dealkylation sites (N-methyl/N-ethyl adjacent to an activating group) is 1. The summed E-state index contributed by atoms with van der Waals surface area (Å²) < 4.78 is 38.6. The minimum atomic E-state index is -4.70. The summed E-state index contributed by atoms with van der Waals surface area (Å²) in [5, 5.41) is 10.6. The van der Waals surface area contributed by atoms with Crippen LogP contribution in [-0.2, 0) is 11.0 Å². The van der Waals surface area contributed by atoms with E-state index in [9.17, 15) is 22.8 Å². The average molecular weight is 325 g/mol. The van der Waals surface area contributed by atoms with Crippen molar-refractivity contribution in [2.75, 3.05) is 18.4 Å². The first kappa shape index (κ1) is 17.1. The lowest BCUT2D eigenvalue weighted by atomic mass is 10.1. The molecule has 5 nitrogen and oxygen atoms in total. The minimum Gasteiger partial charge on any atom is -0.480 e. The largest absolute Gasteiger partial charge is 0.480 e. The Morgan fingerprint density at radius 3 is 2.48 bits per heavy atom. The molecule has 2 N–H and O–H groups in total. The van der Waals surface area contributed by atoms with E-state index in [1.807, 2.05) is 5.32 Å². The molecular formula is C12H12ClF3N2O3. The van der Waals surface area contributed by atoms with Gasteiger partial charge in [0.25, 0.3) is 0 Å². The third-order valence-electron chi connectivity index (χ3n) is 2.52. The molecule has 0 saturated heterocycles. The standard InChI is InChI=1S/C12H12ClF3N2O3/c1-2-18(6-10(19)20)11(21)17-9-4-3-7(13)5-8(9)12(14,15)16/h3-5H,2,6H2,1H3,(H,17,21)(H,19,20). The molecule has 9 heteroatoms. The number of carboxylic acids is 1. The normalized spacial score (nSPS) is 11.1. The molecule has 0 unspecified atom stereocenters. The molecule has 0 aliphatic carbocycles. The Hall–Kier alpha value is -1.96. The predicted octanol–water partition coefficient (Wildman–Crippen LogP) is 3.30. The predicted molar refractivity (Wildman–Crippen MR) is 70.4 cm³/mol. The van der Waals surface area contributed by atoms with Crippen LogP contribution in [0.25, 0.3) is 0 Å². The highest BCUT2D eigenvalue weighted by Gasteiger charge is 2.34. The summed E-state index contributed by atoms with van der Waals surface area (Å²) in [7, 11) is 0. The monoisotopic (exact) mass is 324 g/mol. The lowest BCUT2D eigenvalue weighted by Crippen LogP contribution is -2.38. The van der Waals surface area contributed by atoms with Crippen LogP contribution in [0.4, 0.5) is 23.7 Å². The van der Waals surface area contributed by atoms with Gasteiger partial charge in [-0.15, -0.1) is 0 Å². The van der Waals surface area contributed by atoms with Crippen LogP contribution in [0.15, 0.2) is 18.2 Å². The second kappa shape index (κ2) is 6.66. The number of nitrogens with one attached hydrogen (secondary N) is 1. The first-order chi connectivity index (χ1) is 9.65. The van der Waals surface area contributed by atoms with Crippen molar-refractivity contribution in [2.24, 2.45) is 0 Å². The van der Waals surface area contributed by atoms with Crippen LogP contribution in [0.5, 0.6) is 0 Å². The maximum atomic E-state index is 12.9. The molecule has 2 amide bonds. The first-order valence-electron chi connectivity index (χ1n) is 5.79. The molecule has 1 aromatic rings. The zero-order chi connectivity index (χ0) is 16.2. The van der Waals surface area contributed by atoms with Gasteiger partial charge in [0.1, 0.15) is 6.54 Å². The number of anilines is 1. The molecule has 0 aliphatic rings. The summed E-state index contributed by atoms with van der Waals surface area (Å²) in [5.74, 6) is -1.26. The lowest BCUT2D eigenvalue weighted by Gasteiger charge is -2.21. The molecule has 0 aliphatic heterocycles. The Kier molecular flexibility index (Phi) is 5.42. The maximum Gasteiger partial charge on any atom is 0.418 e. The maximum absolute atomic E-state index is 12.9. The Balaban J connectivity index is 3.02. The number of amides is 2. The number of aliphatic carboxylic acids is 1. The summed E-state index contributed by atoms with van der Waals surface area (Å²) in [6, 6.07) is 1.95. The first-order valence-corrected chi connectivity index (χ1v) is 6.17. The van der Waals surface area contributed by atoms with E-state index in [0.717, 1.165) is 11.0 Å². The molecule has 0 bridgehead atoms. The summed E-state index contributed by atoms with van der Waals surface area (Å²) >= 11 is 5.52. The number of hydrogen-bond acceptors (Lipinski definition) is 2. The van der Waals surface area contributed by atoms with Crippen molar-refractivity contribution >= 4 is 29.3 Å². The fourth-order valence-corrected chi connectivity index (χ4v) is 1.72. The van der Waals surface area contributed by atoms with Crippen LogP contribution in [0.1, 0.15) is 12.5 Å². The fraction of sp³-hybridized carbons (Fsp3) is 0.333. The molecule has 21 heavy (non-hydrogen) atoms. The van der Waals surface area contributed by atoms with Crippen LogP contribution in [0.2, 0.25) is 5.02 Å². The number of carboxylic acid groups (broad SMARTS) is 1. The van der Waals surface area contributed by atoms with Crippen molar-refractivity contribution in [1.29, 1.82) is 0 Å². The van der Waals surface area contributed by atoms with E-state index >= 15 is 0 Å². The van der Waals surface area contributed by atoms with Gasteiger partial charge in [-0.25, -0.2) is 4.79 Å². The molecular weight excluding hydrogens is 313 g/mol. The van der Waals surface area contributed by atoms with Crippen molar-refractivity contribution in [2.45, 2.75) is 13.1 Å². The molecule has 1 aromatic carbocycles. The van der Waals surface area contributed by atoms with Crippen LogP contribution in [0, 0.1) is 0 Å². The number of hydrogen-bond donors (Lipinski definition) is 2. The van der Waals surface area contributed by atoms with Gasteiger partial charge < -0.3 is 15.3 Å². The summed E-state index contributed by atoms with van der Waals surface area (Å²) in [5.41, 5.74) is -1.59. The smallest absolute Gasteiger partial charge is 0.418 e. The second-order valence-electron chi connectivity index (χ2n) is 4.03. The van der Waals surface area contributed by atoms with E-state index in [4.69, 9.17) is 16.7 Å². The fourth-order valence-electron chi connectivity index (χ4n) is 1.54. The zero-order valence-corrected chi connectivity index (χ0v) is 11.6. The molecule has 1 rings (SSSR count). The number of urea groups is 1. The van der Waals surface area contributed by atoms with Crippen molar-refractivity contribution in [1.82, 2.24) is 4.90 Å². The highest BCUT2D eigenvalue weighted by atomic mass is 35.5. The van der Waals surface area contributed by atoms with Crippen molar-refractivity contribution in [3.05, 3.63) is 28.8 Å². The molecule has 0 spiro atoms. The van der Waals surface area contributed by atoms with Gasteiger partial charge in [0.2, 0.25) is 0 Å². The van der Waals surface area contributed by atoms with Crippen molar-refractivity contribution < 1.29 is 27.9 Å². The second-order valence-corrected chi connectivity index (χ2v) is 4.46. The number of nitrogens with zero attached hydrogens (tertiary/aromatic N) is 1. The van der Waals surface area contributed by atoms with Crippen LogP contribution >= 0.6 is 11.6 Å². The summed E-state index contributed by atoms with van der Waals surface area (Å²) in [6.07, 6.45) is -4.70. The molecule has 0 atom stereocenters. The summed E-state index contributed by atoms with van der Waals surface area (Å²) in [4.78, 5) is 23.2. The molecule has 0 saturated carbocycles. The van der Waals surface area contributed by atoms with Gasteiger partial charge in [-0.3, -0.25) is 4.79 Å². The highest BCUT2D eigenvalue weighted by Crippen LogP contribution is 2.36. The molecule has 0 fully saturated rings. The van der Waals surface area contributed by atoms with E-state index in [-0.39, 0.29) is 11.6 Å². The van der Waals surface area contributed by atoms with Gasteiger partial charge in [0.05, 0.1) is 11.3 Å². The Morgan fingerprint density at radius 2 is 2.00 bits per heavy atom. The van der Waals surface area contributed by atoms with Gasteiger partial charge in [-0.1, -0.05) is 11.6 Å². The Labute approximate surface area is 123 Å². The Bertz CT molecular complexity index is 549. The molecule has 0 radical (unpaired) electrons. The van der Waals surface area contributed by atoms with Gasteiger partial charge in [-0.2, -0.15) is 13.2 Å². The zero-order valence-electron chi connectivity index (χ0n) is 10.9. The topological polar surface area (TPSA) is 69.6 Å². The third kappa shape index (κ3) is 4.82. The Morgan fingerprint density at radius 1 is 1.38 bits per heavy atom. The van der Waals surface area contributed by atoms with E-state index in [1.165, 1.54) is 13.0 Å². The SMILES string of the molecule is CCN(CC(=O)O)C(=O)Nc1ccc(Cl)cc1C(F)(F)F. The van der Waals surface area contributed by atoms with E-state index in [1.54, 1.807) is 0 Å². The minimum absolute atomic E-state index is 0.0348. The van der Waals surface area contributed by atoms with Crippen LogP contribution in [0.3, 0.4) is 0 Å². The number of halogens is 4. The summed E-state index contributed by atoms with van der Waals surface area (Å²) in [6.45, 7) is 0.930. The van der Waals surface area contributed by atoms with Gasteiger partial charge in [0.15, 0.2) is 0 Å². The number of rotatable bonds is 4. The van der Waals surface area contributed by atoms with Gasteiger partial charge >= 0.3 is 18.2 Å². The lowest BCUT2D eigenvalue weighted by molar-refractivity contribution is -0.138. The number of benzene rings is 1. The van der Waals surface area contributed by atoms with E-state index in [2.05, 4.69) is 0 Å². The molecule has 0 heterocycles. The van der Waals surface area contributed by atoms with Crippen LogP contribution < -0.4 is 5.32 Å². The molecule has 116 valence electrons. The van der Waals surface area contributed by atoms with Gasteiger partial charge in [0, 0.05) is 11.6 Å². The highest BCUT2D eigenvalue weighted by molar-refractivity contribution is 6.30. The van der Waals surface area contributed by atoms with E-state index in [0.29, 0.717) is 6.07 Å². The van der Waals surface area contributed by atoms with Crippen molar-refractivity contribution in [3.8, 4) is 0 Å². The third-order valence-corrected chi connectivity index (χ3v) is 2.76. The number of carbonyl (C=O) groups is 2. The number of alkyl halides is 3.